The number of pyridine rings is 2. The number of hydrogen-bond acceptors (Lipinski definition) is 6. The minimum atomic E-state index is -0.528. The molecule has 1 aromatic carbocycles. The van der Waals surface area contributed by atoms with Gasteiger partial charge in [0.15, 0.2) is 5.65 Å². The molecular formula is C23H22N6O2. The van der Waals surface area contributed by atoms with Gasteiger partial charge < -0.3 is 20.7 Å². The maximum absolute atomic E-state index is 12.2. The molecule has 0 bridgehead atoms. The van der Waals surface area contributed by atoms with Gasteiger partial charge in [-0.2, -0.15) is 0 Å². The van der Waals surface area contributed by atoms with Crippen LogP contribution in [0.5, 0.6) is 0 Å². The second kappa shape index (κ2) is 8.08. The quantitative estimate of drug-likeness (QED) is 0.521. The third kappa shape index (κ3) is 3.69. The SMILES string of the molecule is NC(=O)c1c(-c2ccccc2)nc2c(Nc3ccc(N4CCOCC4)nc3)cccn12. The van der Waals surface area contributed by atoms with Gasteiger partial charge in [0.1, 0.15) is 17.2 Å². The lowest BCUT2D eigenvalue weighted by Crippen LogP contribution is -2.36. The van der Waals surface area contributed by atoms with E-state index in [4.69, 9.17) is 15.5 Å². The molecule has 0 saturated carbocycles. The van der Waals surface area contributed by atoms with Crippen LogP contribution in [0.4, 0.5) is 17.2 Å². The summed E-state index contributed by atoms with van der Waals surface area (Å²) in [4.78, 5) is 23.8. The van der Waals surface area contributed by atoms with E-state index in [1.165, 1.54) is 0 Å². The zero-order valence-electron chi connectivity index (χ0n) is 16.9. The highest BCUT2D eigenvalue weighted by molar-refractivity contribution is 5.99. The molecule has 3 aromatic heterocycles. The zero-order chi connectivity index (χ0) is 21.2. The van der Waals surface area contributed by atoms with E-state index in [2.05, 4.69) is 15.2 Å². The average Bonchev–Trinajstić information content (AvgIpc) is 3.22. The van der Waals surface area contributed by atoms with Crippen molar-refractivity contribution in [1.29, 1.82) is 0 Å². The van der Waals surface area contributed by atoms with Crippen LogP contribution < -0.4 is 16.0 Å². The van der Waals surface area contributed by atoms with Gasteiger partial charge in [0.25, 0.3) is 5.91 Å². The van der Waals surface area contributed by atoms with E-state index in [1.54, 1.807) is 16.8 Å². The fraction of sp³-hybridized carbons (Fsp3) is 0.174. The number of fused-ring (bicyclic) bond motifs is 1. The molecule has 3 N–H and O–H groups in total. The topological polar surface area (TPSA) is 97.8 Å². The largest absolute Gasteiger partial charge is 0.378 e. The summed E-state index contributed by atoms with van der Waals surface area (Å²) in [6, 6.07) is 17.3. The number of amides is 1. The van der Waals surface area contributed by atoms with Gasteiger partial charge in [-0.1, -0.05) is 30.3 Å². The van der Waals surface area contributed by atoms with E-state index in [1.807, 2.05) is 54.6 Å². The predicted octanol–water partition coefficient (Wildman–Crippen LogP) is 3.08. The number of benzene rings is 1. The highest BCUT2D eigenvalue weighted by Crippen LogP contribution is 2.29. The molecule has 1 aliphatic heterocycles. The van der Waals surface area contributed by atoms with Gasteiger partial charge >= 0.3 is 0 Å². The number of carbonyl (C=O) groups is 1. The molecule has 4 aromatic rings. The number of nitrogens with one attached hydrogen (secondary N) is 1. The maximum Gasteiger partial charge on any atom is 0.268 e. The molecule has 5 rings (SSSR count). The Morgan fingerprint density at radius 2 is 1.84 bits per heavy atom. The first kappa shape index (κ1) is 19.1. The minimum Gasteiger partial charge on any atom is -0.378 e. The zero-order valence-corrected chi connectivity index (χ0v) is 16.9. The van der Waals surface area contributed by atoms with Gasteiger partial charge in [-0.25, -0.2) is 9.97 Å². The lowest BCUT2D eigenvalue weighted by Gasteiger charge is -2.27. The molecule has 31 heavy (non-hydrogen) atoms. The number of nitrogens with zero attached hydrogens (tertiary/aromatic N) is 4. The molecule has 4 heterocycles. The number of anilines is 3. The monoisotopic (exact) mass is 414 g/mol. The van der Waals surface area contributed by atoms with E-state index in [0.717, 1.165) is 49.1 Å². The Labute approximate surface area is 179 Å². The van der Waals surface area contributed by atoms with Gasteiger partial charge in [0.05, 0.1) is 30.8 Å². The molecule has 1 amide bonds. The first-order valence-corrected chi connectivity index (χ1v) is 10.1. The van der Waals surface area contributed by atoms with Gasteiger partial charge in [0, 0.05) is 24.8 Å². The molecule has 0 spiro atoms. The van der Waals surface area contributed by atoms with Crippen LogP contribution in [-0.2, 0) is 4.74 Å². The number of carbonyl (C=O) groups excluding carboxylic acids is 1. The molecule has 0 aliphatic carbocycles. The van der Waals surface area contributed by atoms with E-state index in [9.17, 15) is 4.79 Å². The van der Waals surface area contributed by atoms with Crippen LogP contribution in [0.2, 0.25) is 0 Å². The fourth-order valence-electron chi connectivity index (χ4n) is 3.79. The van der Waals surface area contributed by atoms with Crippen molar-refractivity contribution in [1.82, 2.24) is 14.4 Å². The molecule has 1 saturated heterocycles. The smallest absolute Gasteiger partial charge is 0.268 e. The highest BCUT2D eigenvalue weighted by atomic mass is 16.5. The summed E-state index contributed by atoms with van der Waals surface area (Å²) < 4.78 is 7.13. The van der Waals surface area contributed by atoms with Crippen LogP contribution in [0.1, 0.15) is 10.5 Å². The Bertz CT molecular complexity index is 1210. The Balaban J connectivity index is 1.50. The summed E-state index contributed by atoms with van der Waals surface area (Å²) >= 11 is 0. The summed E-state index contributed by atoms with van der Waals surface area (Å²) in [5, 5.41) is 3.37. The first-order chi connectivity index (χ1) is 15.2. The third-order valence-corrected chi connectivity index (χ3v) is 5.29. The van der Waals surface area contributed by atoms with Crippen LogP contribution in [0.25, 0.3) is 16.9 Å². The second-order valence-corrected chi connectivity index (χ2v) is 7.28. The van der Waals surface area contributed by atoms with E-state index >= 15 is 0 Å². The summed E-state index contributed by atoms with van der Waals surface area (Å²) in [7, 11) is 0. The molecule has 0 atom stereocenters. The molecule has 8 heteroatoms. The van der Waals surface area contributed by atoms with Crippen molar-refractivity contribution in [3.63, 3.8) is 0 Å². The first-order valence-electron chi connectivity index (χ1n) is 10.1. The van der Waals surface area contributed by atoms with Crippen molar-refractivity contribution in [2.75, 3.05) is 36.5 Å². The molecule has 156 valence electrons. The summed E-state index contributed by atoms with van der Waals surface area (Å²) in [5.74, 6) is 0.398. The Kier molecular flexibility index (Phi) is 4.97. The predicted molar refractivity (Wildman–Crippen MR) is 120 cm³/mol. The normalized spacial score (nSPS) is 14.0. The number of ether oxygens (including phenoxy) is 1. The van der Waals surface area contributed by atoms with Crippen molar-refractivity contribution >= 4 is 28.7 Å². The van der Waals surface area contributed by atoms with Crippen molar-refractivity contribution < 1.29 is 9.53 Å². The fourth-order valence-corrected chi connectivity index (χ4v) is 3.79. The van der Waals surface area contributed by atoms with E-state index in [-0.39, 0.29) is 0 Å². The molecule has 0 radical (unpaired) electrons. The van der Waals surface area contributed by atoms with Crippen LogP contribution in [0, 0.1) is 0 Å². The van der Waals surface area contributed by atoms with Crippen LogP contribution in [-0.4, -0.2) is 46.6 Å². The van der Waals surface area contributed by atoms with Crippen molar-refractivity contribution in [3.8, 4) is 11.3 Å². The molecule has 1 aliphatic rings. The third-order valence-electron chi connectivity index (χ3n) is 5.29. The number of rotatable bonds is 5. The van der Waals surface area contributed by atoms with Crippen molar-refractivity contribution in [2.24, 2.45) is 5.73 Å². The number of primary amides is 1. The van der Waals surface area contributed by atoms with Crippen LogP contribution in [0.3, 0.4) is 0 Å². The molecule has 1 fully saturated rings. The Morgan fingerprint density at radius 1 is 1.03 bits per heavy atom. The van der Waals surface area contributed by atoms with Crippen molar-refractivity contribution in [3.05, 3.63) is 72.7 Å². The lowest BCUT2D eigenvalue weighted by molar-refractivity contribution is 0.0995. The maximum atomic E-state index is 12.2. The number of imidazole rings is 1. The average molecular weight is 414 g/mol. The van der Waals surface area contributed by atoms with Gasteiger partial charge in [-0.15, -0.1) is 0 Å². The number of nitrogens with two attached hydrogens (primary N) is 1. The number of morpholine rings is 1. The lowest BCUT2D eigenvalue weighted by atomic mass is 10.1. The summed E-state index contributed by atoms with van der Waals surface area (Å²) in [6.07, 6.45) is 3.59. The second-order valence-electron chi connectivity index (χ2n) is 7.28. The van der Waals surface area contributed by atoms with Gasteiger partial charge in [0.2, 0.25) is 0 Å². The summed E-state index contributed by atoms with van der Waals surface area (Å²) in [5.41, 5.74) is 9.66. The van der Waals surface area contributed by atoms with Crippen molar-refractivity contribution in [2.45, 2.75) is 0 Å². The number of aromatic nitrogens is 3. The molecule has 0 unspecified atom stereocenters. The van der Waals surface area contributed by atoms with Crippen LogP contribution in [0.15, 0.2) is 67.0 Å². The standard InChI is InChI=1S/C23H22N6O2/c24-22(30)21-20(16-5-2-1-3-6-16)27-23-18(7-4-10-29(21)23)26-17-8-9-19(25-15-17)28-11-13-31-14-12-28/h1-10,15,26H,11-14H2,(H2,24,30). The highest BCUT2D eigenvalue weighted by Gasteiger charge is 2.20. The number of hydrogen-bond donors (Lipinski definition) is 2. The molecule has 8 nitrogen and oxygen atoms in total. The van der Waals surface area contributed by atoms with Gasteiger partial charge in [-0.05, 0) is 24.3 Å². The van der Waals surface area contributed by atoms with Crippen LogP contribution >= 0.6 is 0 Å². The Morgan fingerprint density at radius 3 is 2.55 bits per heavy atom. The van der Waals surface area contributed by atoms with Gasteiger partial charge in [-0.3, -0.25) is 9.20 Å². The Hall–Kier alpha value is -3.91. The minimum absolute atomic E-state index is 0.352. The molecular weight excluding hydrogens is 392 g/mol. The summed E-state index contributed by atoms with van der Waals surface area (Å²) in [6.45, 7) is 3.11. The van der Waals surface area contributed by atoms with E-state index < -0.39 is 5.91 Å². The van der Waals surface area contributed by atoms with E-state index in [0.29, 0.717) is 17.0 Å².